The highest BCUT2D eigenvalue weighted by atomic mass is 16.7. The minimum atomic E-state index is -1.07. The summed E-state index contributed by atoms with van der Waals surface area (Å²) in [4.78, 5) is 73.2. The zero-order valence-electron chi connectivity index (χ0n) is 30.5. The maximum atomic E-state index is 14.4. The third-order valence-corrected chi connectivity index (χ3v) is 8.51. The number of nitrogens with one attached hydrogen (secondary N) is 3. The second-order valence-corrected chi connectivity index (χ2v) is 13.6. The van der Waals surface area contributed by atoms with Crippen LogP contribution in [0.1, 0.15) is 71.8 Å². The van der Waals surface area contributed by atoms with Gasteiger partial charge in [0, 0.05) is 13.1 Å². The highest BCUT2D eigenvalue weighted by Gasteiger charge is 2.38. The smallest absolute Gasteiger partial charge is 0.407 e. The summed E-state index contributed by atoms with van der Waals surface area (Å²) in [5.41, 5.74) is 4.04. The number of hydrogen-bond donors (Lipinski definition) is 3. The number of likely N-dealkylation sites (N-methyl/N-ethyl adjacent to an activating group) is 1. The fourth-order valence-electron chi connectivity index (χ4n) is 5.84. The molecular formula is C35H58N6O8. The lowest BCUT2D eigenvalue weighted by Crippen LogP contribution is -2.60. The predicted octanol–water partition coefficient (Wildman–Crippen LogP) is 3.51. The van der Waals surface area contributed by atoms with E-state index in [0.29, 0.717) is 19.4 Å². The Hall–Kier alpha value is -3.91. The lowest BCUT2D eigenvalue weighted by atomic mass is 9.89. The summed E-state index contributed by atoms with van der Waals surface area (Å²) in [6, 6.07) is 7.00. The number of hydrazine groups is 1. The van der Waals surface area contributed by atoms with Gasteiger partial charge < -0.3 is 24.9 Å². The summed E-state index contributed by atoms with van der Waals surface area (Å²) < 4.78 is 9.57. The minimum absolute atomic E-state index is 0.0935. The van der Waals surface area contributed by atoms with Crippen LogP contribution >= 0.6 is 0 Å². The van der Waals surface area contributed by atoms with Gasteiger partial charge in [0.15, 0.2) is 0 Å². The van der Waals surface area contributed by atoms with Gasteiger partial charge in [0.25, 0.3) is 11.8 Å². The summed E-state index contributed by atoms with van der Waals surface area (Å²) in [6.07, 6.45) is 4.62. The standard InChI is InChI=1S/C35H58N6O8/c1-24(2)30(36-34(45)47-7)32(43)38-40(21-27-17-13-10-14-18-27)22-28(20-19-26-15-11-9-12-16-26)41(49-29(42)23-39(5)6)33(44)31(25(3)4)37-35(46)48-8/h9,11-12,15-16,24-25,27-28,30-31H,10,13-14,17-23H2,1-8H3,(H,36,45)(H,37,46)(H,38,43)/t28-,30-,31-/m0/s1. The van der Waals surface area contributed by atoms with E-state index in [1.54, 1.807) is 37.9 Å². The van der Waals surface area contributed by atoms with Crippen LogP contribution in [-0.4, -0.2) is 111 Å². The molecule has 0 unspecified atom stereocenters. The number of carbonyl (C=O) groups excluding carboxylic acids is 5. The van der Waals surface area contributed by atoms with Crippen molar-refractivity contribution in [3.63, 3.8) is 0 Å². The van der Waals surface area contributed by atoms with Crippen molar-refractivity contribution in [2.45, 2.75) is 90.8 Å². The van der Waals surface area contributed by atoms with Crippen LogP contribution in [0, 0.1) is 17.8 Å². The Labute approximate surface area is 291 Å². The average Bonchev–Trinajstić information content (AvgIpc) is 3.06. The Morgan fingerprint density at radius 2 is 1.41 bits per heavy atom. The Bertz CT molecular complexity index is 1190. The summed E-state index contributed by atoms with van der Waals surface area (Å²) in [5.74, 6) is -2.08. The van der Waals surface area contributed by atoms with E-state index in [1.165, 1.54) is 14.2 Å². The molecule has 3 atom stereocenters. The fraction of sp³-hybridized carbons (Fsp3) is 0.686. The number of benzene rings is 1. The van der Waals surface area contributed by atoms with Gasteiger partial charge in [-0.1, -0.05) is 77.3 Å². The van der Waals surface area contributed by atoms with E-state index >= 15 is 0 Å². The first kappa shape index (κ1) is 41.3. The molecular weight excluding hydrogens is 632 g/mol. The van der Waals surface area contributed by atoms with Gasteiger partial charge in [-0.2, -0.15) is 5.06 Å². The van der Waals surface area contributed by atoms with Crippen molar-refractivity contribution in [1.82, 2.24) is 31.0 Å². The lowest BCUT2D eigenvalue weighted by Gasteiger charge is -2.38. The molecule has 14 heteroatoms. The maximum Gasteiger partial charge on any atom is 0.407 e. The zero-order valence-corrected chi connectivity index (χ0v) is 30.5. The Balaban J connectivity index is 2.59. The number of nitrogens with zero attached hydrogens (tertiary/aromatic N) is 3. The number of hydroxylamine groups is 2. The highest BCUT2D eigenvalue weighted by molar-refractivity contribution is 5.87. The quantitative estimate of drug-likeness (QED) is 0.207. The van der Waals surface area contributed by atoms with Crippen molar-refractivity contribution in [1.29, 1.82) is 0 Å². The molecule has 4 amide bonds. The third-order valence-electron chi connectivity index (χ3n) is 8.51. The topological polar surface area (TPSA) is 159 Å². The van der Waals surface area contributed by atoms with E-state index in [9.17, 15) is 24.0 Å². The van der Waals surface area contributed by atoms with Gasteiger partial charge in [0.2, 0.25) is 0 Å². The van der Waals surface area contributed by atoms with Gasteiger partial charge in [-0.05, 0) is 63.1 Å². The molecule has 3 N–H and O–H groups in total. The van der Waals surface area contributed by atoms with Crippen molar-refractivity contribution in [3.05, 3.63) is 35.9 Å². The van der Waals surface area contributed by atoms with Gasteiger partial charge in [0.05, 0.1) is 26.8 Å². The molecule has 0 spiro atoms. The molecule has 0 bridgehead atoms. The predicted molar refractivity (Wildman–Crippen MR) is 185 cm³/mol. The molecule has 1 aromatic carbocycles. The monoisotopic (exact) mass is 690 g/mol. The average molecular weight is 691 g/mol. The first-order valence-corrected chi connectivity index (χ1v) is 17.2. The second-order valence-electron chi connectivity index (χ2n) is 13.6. The number of amides is 4. The molecule has 0 aromatic heterocycles. The molecule has 49 heavy (non-hydrogen) atoms. The molecule has 1 aromatic rings. The Kier molecular flexibility index (Phi) is 17.9. The molecule has 1 aliphatic carbocycles. The lowest BCUT2D eigenvalue weighted by molar-refractivity contribution is -0.212. The molecule has 0 saturated heterocycles. The van der Waals surface area contributed by atoms with Crippen molar-refractivity contribution >= 4 is 30.0 Å². The van der Waals surface area contributed by atoms with Crippen LogP contribution in [-0.2, 0) is 35.1 Å². The molecule has 2 rings (SSSR count). The molecule has 1 saturated carbocycles. The minimum Gasteiger partial charge on any atom is -0.453 e. The Morgan fingerprint density at radius 1 is 0.837 bits per heavy atom. The van der Waals surface area contributed by atoms with Crippen molar-refractivity contribution < 1.29 is 38.3 Å². The molecule has 0 aliphatic heterocycles. The van der Waals surface area contributed by atoms with Crippen LogP contribution in [0.3, 0.4) is 0 Å². The summed E-state index contributed by atoms with van der Waals surface area (Å²) in [7, 11) is 5.87. The first-order valence-electron chi connectivity index (χ1n) is 17.2. The maximum absolute atomic E-state index is 14.4. The number of rotatable bonds is 17. The van der Waals surface area contributed by atoms with Gasteiger partial charge in [0.1, 0.15) is 12.1 Å². The molecule has 0 radical (unpaired) electrons. The number of aryl methyl sites for hydroxylation is 1. The van der Waals surface area contributed by atoms with E-state index in [4.69, 9.17) is 14.3 Å². The van der Waals surface area contributed by atoms with Crippen LogP contribution in [0.25, 0.3) is 0 Å². The van der Waals surface area contributed by atoms with Gasteiger partial charge in [-0.3, -0.25) is 19.9 Å². The largest absolute Gasteiger partial charge is 0.453 e. The number of methoxy groups -OCH3 is 2. The van der Waals surface area contributed by atoms with E-state index < -0.39 is 48.1 Å². The van der Waals surface area contributed by atoms with Gasteiger partial charge >= 0.3 is 18.2 Å². The Morgan fingerprint density at radius 3 is 1.94 bits per heavy atom. The van der Waals surface area contributed by atoms with Crippen LogP contribution < -0.4 is 16.1 Å². The number of ether oxygens (including phenoxy) is 2. The second kappa shape index (κ2) is 21.2. The highest BCUT2D eigenvalue weighted by Crippen LogP contribution is 2.25. The molecule has 276 valence electrons. The fourth-order valence-corrected chi connectivity index (χ4v) is 5.84. The number of alkyl carbamates (subject to hydrolysis) is 2. The normalized spacial score (nSPS) is 15.3. The van der Waals surface area contributed by atoms with Gasteiger partial charge in [-0.25, -0.2) is 19.4 Å². The van der Waals surface area contributed by atoms with Crippen molar-refractivity contribution in [2.75, 3.05) is 47.9 Å². The summed E-state index contributed by atoms with van der Waals surface area (Å²) >= 11 is 0. The van der Waals surface area contributed by atoms with E-state index in [2.05, 4.69) is 16.1 Å². The van der Waals surface area contributed by atoms with Gasteiger partial charge in [-0.15, -0.1) is 0 Å². The zero-order chi connectivity index (χ0) is 36.5. The molecule has 1 fully saturated rings. The summed E-state index contributed by atoms with van der Waals surface area (Å²) in [6.45, 7) is 7.67. The van der Waals surface area contributed by atoms with Crippen LogP contribution in [0.4, 0.5) is 9.59 Å². The van der Waals surface area contributed by atoms with Crippen molar-refractivity contribution in [2.24, 2.45) is 17.8 Å². The molecule has 14 nitrogen and oxygen atoms in total. The molecule has 1 aliphatic rings. The third kappa shape index (κ3) is 14.6. The van der Waals surface area contributed by atoms with E-state index in [-0.39, 0.29) is 30.8 Å². The van der Waals surface area contributed by atoms with Crippen molar-refractivity contribution in [3.8, 4) is 0 Å². The number of hydrogen-bond acceptors (Lipinski definition) is 10. The van der Waals surface area contributed by atoms with Crippen LogP contribution in [0.5, 0.6) is 0 Å². The SMILES string of the molecule is COC(=O)N[C@H](C(=O)NN(CC1CCCCC1)C[C@H](CCc1ccccc1)N(OC(=O)CN(C)C)C(=O)[C@@H](NC(=O)OC)C(C)C)C(C)C. The molecule has 0 heterocycles. The number of carbonyl (C=O) groups is 5. The van der Waals surface area contributed by atoms with E-state index in [1.807, 2.05) is 44.2 Å². The summed E-state index contributed by atoms with van der Waals surface area (Å²) in [5, 5.41) is 8.07. The van der Waals surface area contributed by atoms with E-state index in [0.717, 1.165) is 42.7 Å². The first-order chi connectivity index (χ1) is 23.2. The van der Waals surface area contributed by atoms with Crippen LogP contribution in [0.2, 0.25) is 0 Å². The van der Waals surface area contributed by atoms with Crippen LogP contribution in [0.15, 0.2) is 30.3 Å².